The Kier molecular flexibility index (Phi) is 5.11. The van der Waals surface area contributed by atoms with Crippen LogP contribution in [0, 0.1) is 6.92 Å². The van der Waals surface area contributed by atoms with Gasteiger partial charge in [0.1, 0.15) is 10.6 Å². The van der Waals surface area contributed by atoms with Gasteiger partial charge in [0.2, 0.25) is 5.91 Å². The first-order valence-corrected chi connectivity index (χ1v) is 10.3. The number of fused-ring (bicyclic) bond motifs is 1. The standard InChI is InChI=1S/C23H21NO4S/c1-3-28-16-10-8-14(9-11-16)17-12-18(25)24-20-19(15-6-4-13(2)5-7-15)22(23(26)27)29-21(17)20/h4-11,17H,3,12H2,1-2H3,(H,24,25)(H,26,27)/t17-/m0/s1. The summed E-state index contributed by atoms with van der Waals surface area (Å²) >= 11 is 1.24. The summed E-state index contributed by atoms with van der Waals surface area (Å²) in [5, 5.41) is 12.8. The fourth-order valence-corrected chi connectivity index (χ4v) is 4.91. The van der Waals surface area contributed by atoms with Gasteiger partial charge in [-0.3, -0.25) is 4.79 Å². The van der Waals surface area contributed by atoms with Crippen LogP contribution in [0.3, 0.4) is 0 Å². The molecule has 2 aromatic carbocycles. The lowest BCUT2D eigenvalue weighted by Gasteiger charge is -2.24. The molecule has 1 aliphatic heterocycles. The zero-order chi connectivity index (χ0) is 20.5. The zero-order valence-electron chi connectivity index (χ0n) is 16.2. The summed E-state index contributed by atoms with van der Waals surface area (Å²) in [7, 11) is 0. The number of nitrogens with one attached hydrogen (secondary N) is 1. The molecule has 0 bridgehead atoms. The molecule has 0 aliphatic carbocycles. The lowest BCUT2D eigenvalue weighted by Crippen LogP contribution is -2.22. The van der Waals surface area contributed by atoms with Crippen LogP contribution < -0.4 is 10.1 Å². The maximum absolute atomic E-state index is 12.5. The first kappa shape index (κ1) is 19.2. The molecule has 2 N–H and O–H groups in total. The molecule has 6 heteroatoms. The molecular formula is C23H21NO4S. The number of carboxylic acids is 1. The molecule has 0 spiro atoms. The number of carbonyl (C=O) groups excluding carboxylic acids is 1. The summed E-state index contributed by atoms with van der Waals surface area (Å²) in [6.07, 6.45) is 0.286. The van der Waals surface area contributed by atoms with E-state index in [1.807, 2.05) is 62.4 Å². The van der Waals surface area contributed by atoms with Gasteiger partial charge in [-0.15, -0.1) is 11.3 Å². The highest BCUT2D eigenvalue weighted by Gasteiger charge is 2.34. The van der Waals surface area contributed by atoms with Crippen LogP contribution >= 0.6 is 11.3 Å². The van der Waals surface area contributed by atoms with E-state index in [4.69, 9.17) is 4.74 Å². The fourth-order valence-electron chi connectivity index (χ4n) is 3.67. The van der Waals surface area contributed by atoms with Crippen molar-refractivity contribution in [2.45, 2.75) is 26.2 Å². The van der Waals surface area contributed by atoms with Gasteiger partial charge in [-0.2, -0.15) is 0 Å². The topological polar surface area (TPSA) is 75.6 Å². The second-order valence-corrected chi connectivity index (χ2v) is 8.08. The van der Waals surface area contributed by atoms with Crippen molar-refractivity contribution in [3.05, 3.63) is 69.4 Å². The lowest BCUT2D eigenvalue weighted by molar-refractivity contribution is -0.116. The molecule has 0 saturated heterocycles. The third kappa shape index (κ3) is 3.63. The van der Waals surface area contributed by atoms with Gasteiger partial charge in [0.15, 0.2) is 0 Å². The van der Waals surface area contributed by atoms with Gasteiger partial charge in [0.25, 0.3) is 0 Å². The van der Waals surface area contributed by atoms with Crippen molar-refractivity contribution in [3.63, 3.8) is 0 Å². The van der Waals surface area contributed by atoms with Gasteiger partial charge in [-0.25, -0.2) is 4.79 Å². The van der Waals surface area contributed by atoms with Crippen LogP contribution in [-0.2, 0) is 4.79 Å². The number of amides is 1. The number of aromatic carboxylic acids is 1. The summed E-state index contributed by atoms with van der Waals surface area (Å²) in [6.45, 7) is 4.49. The Morgan fingerprint density at radius 3 is 2.48 bits per heavy atom. The molecule has 1 aromatic heterocycles. The van der Waals surface area contributed by atoms with Crippen molar-refractivity contribution < 1.29 is 19.4 Å². The maximum atomic E-state index is 12.5. The van der Waals surface area contributed by atoms with E-state index in [0.29, 0.717) is 17.9 Å². The molecule has 3 aromatic rings. The van der Waals surface area contributed by atoms with Crippen LogP contribution in [0.2, 0.25) is 0 Å². The van der Waals surface area contributed by atoms with Crippen molar-refractivity contribution in [2.75, 3.05) is 11.9 Å². The van der Waals surface area contributed by atoms with Gasteiger partial charge in [0, 0.05) is 22.8 Å². The Hall–Kier alpha value is -3.12. The highest BCUT2D eigenvalue weighted by Crippen LogP contribution is 2.49. The highest BCUT2D eigenvalue weighted by atomic mass is 32.1. The molecule has 4 rings (SSSR count). The fraction of sp³-hybridized carbons (Fsp3) is 0.217. The van der Waals surface area contributed by atoms with Gasteiger partial charge in [-0.1, -0.05) is 42.0 Å². The van der Waals surface area contributed by atoms with Gasteiger partial charge < -0.3 is 15.2 Å². The molecule has 1 amide bonds. The monoisotopic (exact) mass is 407 g/mol. The van der Waals surface area contributed by atoms with E-state index < -0.39 is 5.97 Å². The van der Waals surface area contributed by atoms with Gasteiger partial charge >= 0.3 is 5.97 Å². The maximum Gasteiger partial charge on any atom is 0.346 e. The van der Waals surface area contributed by atoms with Crippen molar-refractivity contribution in [1.29, 1.82) is 0 Å². The van der Waals surface area contributed by atoms with E-state index in [0.717, 1.165) is 27.3 Å². The summed E-state index contributed by atoms with van der Waals surface area (Å²) in [5.74, 6) is -0.509. The Balaban J connectivity index is 1.84. The van der Waals surface area contributed by atoms with Crippen molar-refractivity contribution in [1.82, 2.24) is 0 Å². The summed E-state index contributed by atoms with van der Waals surface area (Å²) in [6, 6.07) is 15.4. The number of thiophene rings is 1. The van der Waals surface area contributed by atoms with Crippen LogP contribution in [0.5, 0.6) is 5.75 Å². The quantitative estimate of drug-likeness (QED) is 0.602. The number of benzene rings is 2. The Bertz CT molecular complexity index is 1070. The van der Waals surface area contributed by atoms with Gasteiger partial charge in [0.05, 0.1) is 12.3 Å². The van der Waals surface area contributed by atoms with Crippen molar-refractivity contribution in [3.8, 4) is 16.9 Å². The number of carbonyl (C=O) groups is 2. The molecule has 0 saturated carbocycles. The molecule has 0 unspecified atom stereocenters. The normalized spacial score (nSPS) is 15.5. The summed E-state index contributed by atoms with van der Waals surface area (Å²) in [5.41, 5.74) is 4.05. The minimum Gasteiger partial charge on any atom is -0.494 e. The Labute approximate surface area is 173 Å². The minimum atomic E-state index is -0.986. The molecule has 148 valence electrons. The number of aryl methyl sites for hydroxylation is 1. The van der Waals surface area contributed by atoms with Crippen LogP contribution in [0.25, 0.3) is 11.1 Å². The third-order valence-electron chi connectivity index (χ3n) is 5.03. The molecule has 29 heavy (non-hydrogen) atoms. The van der Waals surface area contributed by atoms with E-state index in [1.54, 1.807) is 0 Å². The van der Waals surface area contributed by atoms with E-state index in [9.17, 15) is 14.7 Å². The van der Waals surface area contributed by atoms with E-state index in [1.165, 1.54) is 11.3 Å². The van der Waals surface area contributed by atoms with E-state index in [2.05, 4.69) is 5.32 Å². The van der Waals surface area contributed by atoms with Crippen molar-refractivity contribution >= 4 is 28.9 Å². The number of anilines is 1. The van der Waals surface area contributed by atoms with E-state index in [-0.39, 0.29) is 23.1 Å². The second-order valence-electron chi connectivity index (χ2n) is 7.02. The average Bonchev–Trinajstić information content (AvgIpc) is 3.08. The molecule has 0 fully saturated rings. The molecular weight excluding hydrogens is 386 g/mol. The van der Waals surface area contributed by atoms with Crippen LogP contribution in [-0.4, -0.2) is 23.6 Å². The van der Waals surface area contributed by atoms with Gasteiger partial charge in [-0.05, 0) is 37.1 Å². The highest BCUT2D eigenvalue weighted by molar-refractivity contribution is 7.15. The first-order chi connectivity index (χ1) is 14.0. The lowest BCUT2D eigenvalue weighted by atomic mass is 9.88. The molecule has 2 heterocycles. The predicted molar refractivity (Wildman–Crippen MR) is 114 cm³/mol. The number of hydrogen-bond acceptors (Lipinski definition) is 4. The zero-order valence-corrected chi connectivity index (χ0v) is 17.0. The number of hydrogen-bond donors (Lipinski definition) is 2. The number of ether oxygens (including phenoxy) is 1. The van der Waals surface area contributed by atoms with Crippen molar-refractivity contribution in [2.24, 2.45) is 0 Å². The van der Waals surface area contributed by atoms with E-state index >= 15 is 0 Å². The Morgan fingerprint density at radius 1 is 1.17 bits per heavy atom. The molecule has 0 radical (unpaired) electrons. The number of carboxylic acid groups (broad SMARTS) is 1. The minimum absolute atomic E-state index is 0.112. The SMILES string of the molecule is CCOc1ccc([C@@H]2CC(=O)Nc3c2sc(C(=O)O)c3-c2ccc(C)cc2)cc1. The second kappa shape index (κ2) is 7.72. The molecule has 1 aliphatic rings. The van der Waals surface area contributed by atoms with Crippen LogP contribution in [0.15, 0.2) is 48.5 Å². The molecule has 5 nitrogen and oxygen atoms in total. The smallest absolute Gasteiger partial charge is 0.346 e. The number of rotatable bonds is 5. The molecule has 1 atom stereocenters. The third-order valence-corrected chi connectivity index (χ3v) is 6.33. The summed E-state index contributed by atoms with van der Waals surface area (Å²) < 4.78 is 5.51. The average molecular weight is 407 g/mol. The Morgan fingerprint density at radius 2 is 1.86 bits per heavy atom. The largest absolute Gasteiger partial charge is 0.494 e. The predicted octanol–water partition coefficient (Wildman–Crippen LogP) is 5.29. The summed E-state index contributed by atoms with van der Waals surface area (Å²) in [4.78, 5) is 25.6. The van der Waals surface area contributed by atoms with Crippen LogP contribution in [0.4, 0.5) is 5.69 Å². The first-order valence-electron chi connectivity index (χ1n) is 9.47. The van der Waals surface area contributed by atoms with Crippen LogP contribution in [0.1, 0.15) is 44.9 Å².